The summed E-state index contributed by atoms with van der Waals surface area (Å²) in [5.41, 5.74) is 2.61. The Kier molecular flexibility index (Phi) is 6.14. The van der Waals surface area contributed by atoms with Crippen LogP contribution < -0.4 is 4.74 Å². The number of aromatic nitrogens is 1. The number of rotatable bonds is 5. The van der Waals surface area contributed by atoms with Crippen molar-refractivity contribution in [2.75, 3.05) is 12.9 Å². The van der Waals surface area contributed by atoms with Gasteiger partial charge in [-0.2, -0.15) is 0 Å². The van der Waals surface area contributed by atoms with Crippen LogP contribution in [0.3, 0.4) is 0 Å². The number of methoxy groups -OCH3 is 1. The summed E-state index contributed by atoms with van der Waals surface area (Å²) >= 11 is 1.62. The summed E-state index contributed by atoms with van der Waals surface area (Å²) in [6.07, 6.45) is 6.12. The van der Waals surface area contributed by atoms with E-state index in [0.29, 0.717) is 0 Å². The first-order chi connectivity index (χ1) is 14.7. The molecule has 1 aromatic heterocycles. The molecular formula is C24H23N3O2S. The Labute approximate surface area is 180 Å². The van der Waals surface area contributed by atoms with Crippen LogP contribution in [0.4, 0.5) is 5.69 Å². The third-order valence-electron chi connectivity index (χ3n) is 5.05. The number of fused-ring (bicyclic) bond motifs is 1. The van der Waals surface area contributed by atoms with Gasteiger partial charge in [0.25, 0.3) is 5.91 Å². The molecule has 0 saturated carbocycles. The van der Waals surface area contributed by atoms with Gasteiger partial charge in [0.15, 0.2) is 5.17 Å². The number of carbonyl (C=O) groups excluding carboxylic acids is 1. The second kappa shape index (κ2) is 9.13. The minimum Gasteiger partial charge on any atom is -0.497 e. The first-order valence-corrected chi connectivity index (χ1v) is 10.9. The van der Waals surface area contributed by atoms with Gasteiger partial charge in [-0.3, -0.25) is 14.7 Å². The maximum absolute atomic E-state index is 13.1. The van der Waals surface area contributed by atoms with Crippen LogP contribution in [-0.2, 0) is 4.79 Å². The van der Waals surface area contributed by atoms with Crippen molar-refractivity contribution < 1.29 is 9.53 Å². The van der Waals surface area contributed by atoms with Gasteiger partial charge < -0.3 is 4.74 Å². The number of pyridine rings is 1. The summed E-state index contributed by atoms with van der Waals surface area (Å²) in [6.45, 7) is 2.10. The highest BCUT2D eigenvalue weighted by atomic mass is 32.2. The quantitative estimate of drug-likeness (QED) is 0.529. The van der Waals surface area contributed by atoms with Crippen molar-refractivity contribution in [3.05, 3.63) is 72.4 Å². The fourth-order valence-electron chi connectivity index (χ4n) is 3.40. The molecule has 3 aromatic rings. The number of hydrogen-bond acceptors (Lipinski definition) is 5. The molecule has 0 N–H and O–H groups in total. The first-order valence-electron chi connectivity index (χ1n) is 9.90. The van der Waals surface area contributed by atoms with E-state index in [2.05, 4.69) is 11.9 Å². The van der Waals surface area contributed by atoms with Crippen LogP contribution in [0.5, 0.6) is 5.75 Å². The molecule has 1 amide bonds. The van der Waals surface area contributed by atoms with Crippen LogP contribution >= 0.6 is 11.8 Å². The first kappa shape index (κ1) is 20.2. The molecule has 6 heteroatoms. The number of aliphatic imine (C=N–C) groups is 1. The Morgan fingerprint density at radius 3 is 2.80 bits per heavy atom. The molecule has 2 aromatic carbocycles. The van der Waals surface area contributed by atoms with Crippen LogP contribution in [0.25, 0.3) is 17.0 Å². The number of hydrogen-bond donors (Lipinski definition) is 0. The largest absolute Gasteiger partial charge is 0.497 e. The van der Waals surface area contributed by atoms with Crippen LogP contribution in [0, 0.1) is 0 Å². The van der Waals surface area contributed by atoms with Crippen molar-refractivity contribution in [2.45, 2.75) is 19.4 Å². The SMILES string of the molecule is CCC1CSC(=Nc2ccc(OC)cc2)N1C(=O)/C=C/c1cccc2cccnc12. The normalized spacial score (nSPS) is 17.9. The van der Waals surface area contributed by atoms with Crippen molar-refractivity contribution in [3.8, 4) is 5.75 Å². The molecule has 0 bridgehead atoms. The number of carbonyl (C=O) groups is 1. The van der Waals surface area contributed by atoms with E-state index in [-0.39, 0.29) is 11.9 Å². The highest BCUT2D eigenvalue weighted by Crippen LogP contribution is 2.30. The summed E-state index contributed by atoms with van der Waals surface area (Å²) in [6, 6.07) is 17.6. The minimum absolute atomic E-state index is 0.0629. The van der Waals surface area contributed by atoms with Crippen LogP contribution in [0.15, 0.2) is 71.9 Å². The summed E-state index contributed by atoms with van der Waals surface area (Å²) < 4.78 is 5.21. The molecule has 1 fully saturated rings. The molecule has 30 heavy (non-hydrogen) atoms. The molecule has 4 rings (SSSR count). The Morgan fingerprint density at radius 1 is 1.23 bits per heavy atom. The maximum Gasteiger partial charge on any atom is 0.252 e. The van der Waals surface area contributed by atoms with E-state index < -0.39 is 0 Å². The molecule has 1 aliphatic rings. The van der Waals surface area contributed by atoms with Crippen LogP contribution in [0.2, 0.25) is 0 Å². The number of amides is 1. The zero-order valence-electron chi connectivity index (χ0n) is 17.0. The predicted octanol–water partition coefficient (Wildman–Crippen LogP) is 5.30. The van der Waals surface area contributed by atoms with Gasteiger partial charge in [-0.15, -0.1) is 0 Å². The molecule has 1 saturated heterocycles. The number of amidine groups is 1. The molecule has 5 nitrogen and oxygen atoms in total. The lowest BCUT2D eigenvalue weighted by Crippen LogP contribution is -2.37. The van der Waals surface area contributed by atoms with Crippen molar-refractivity contribution in [1.82, 2.24) is 9.88 Å². The number of nitrogens with zero attached hydrogens (tertiary/aromatic N) is 3. The van der Waals surface area contributed by atoms with Gasteiger partial charge in [0, 0.05) is 35.0 Å². The van der Waals surface area contributed by atoms with Crippen LogP contribution in [-0.4, -0.2) is 39.9 Å². The number of benzene rings is 2. The fourth-order valence-corrected chi connectivity index (χ4v) is 4.68. The Morgan fingerprint density at radius 2 is 2.03 bits per heavy atom. The lowest BCUT2D eigenvalue weighted by atomic mass is 10.1. The van der Waals surface area contributed by atoms with E-state index in [4.69, 9.17) is 9.73 Å². The lowest BCUT2D eigenvalue weighted by molar-refractivity contribution is -0.123. The van der Waals surface area contributed by atoms with Gasteiger partial charge >= 0.3 is 0 Å². The molecule has 0 aliphatic carbocycles. The Balaban J connectivity index is 1.60. The van der Waals surface area contributed by atoms with Gasteiger partial charge in [-0.05, 0) is 42.8 Å². The fraction of sp³-hybridized carbons (Fsp3) is 0.208. The van der Waals surface area contributed by atoms with E-state index in [1.165, 1.54) is 0 Å². The molecule has 1 unspecified atom stereocenters. The molecule has 1 aliphatic heterocycles. The maximum atomic E-state index is 13.1. The van der Waals surface area contributed by atoms with Crippen molar-refractivity contribution >= 4 is 45.5 Å². The minimum atomic E-state index is -0.0629. The number of para-hydroxylation sites is 1. The highest BCUT2D eigenvalue weighted by Gasteiger charge is 2.32. The van der Waals surface area contributed by atoms with Gasteiger partial charge in [-0.25, -0.2) is 4.99 Å². The van der Waals surface area contributed by atoms with Crippen molar-refractivity contribution in [2.24, 2.45) is 4.99 Å². The predicted molar refractivity (Wildman–Crippen MR) is 124 cm³/mol. The average Bonchev–Trinajstić information content (AvgIpc) is 3.20. The highest BCUT2D eigenvalue weighted by molar-refractivity contribution is 8.14. The Hall–Kier alpha value is -3.12. The van der Waals surface area contributed by atoms with E-state index in [9.17, 15) is 4.79 Å². The monoisotopic (exact) mass is 417 g/mol. The third kappa shape index (κ3) is 4.24. The summed E-state index contributed by atoms with van der Waals surface area (Å²) in [7, 11) is 1.64. The van der Waals surface area contributed by atoms with E-state index in [1.807, 2.05) is 65.6 Å². The zero-order valence-corrected chi connectivity index (χ0v) is 17.8. The topological polar surface area (TPSA) is 54.8 Å². The summed E-state index contributed by atoms with van der Waals surface area (Å²) in [4.78, 5) is 24.1. The van der Waals surface area contributed by atoms with E-state index in [1.54, 1.807) is 31.1 Å². The molecule has 1 atom stereocenters. The molecule has 0 radical (unpaired) electrons. The van der Waals surface area contributed by atoms with E-state index in [0.717, 1.165) is 45.2 Å². The number of ether oxygens (including phenoxy) is 1. The van der Waals surface area contributed by atoms with Gasteiger partial charge in [0.1, 0.15) is 5.75 Å². The standard InChI is InChI=1S/C24H23N3O2S/c1-3-20-16-30-24(26-19-10-12-21(29-2)13-11-19)27(20)22(28)14-9-18-7-4-6-17-8-5-15-25-23(17)18/h4-15,20H,3,16H2,1-2H3/b14-9+,26-24?. The molecular weight excluding hydrogens is 394 g/mol. The third-order valence-corrected chi connectivity index (χ3v) is 6.15. The molecule has 0 spiro atoms. The van der Waals surface area contributed by atoms with Gasteiger partial charge in [-0.1, -0.05) is 43.0 Å². The molecule has 2 heterocycles. The lowest BCUT2D eigenvalue weighted by Gasteiger charge is -2.21. The molecule has 152 valence electrons. The second-order valence-corrected chi connectivity index (χ2v) is 7.92. The number of thioether (sulfide) groups is 1. The summed E-state index contributed by atoms with van der Waals surface area (Å²) in [5, 5.41) is 1.79. The van der Waals surface area contributed by atoms with Gasteiger partial charge in [0.05, 0.1) is 18.3 Å². The zero-order chi connectivity index (χ0) is 20.9. The van der Waals surface area contributed by atoms with Crippen LogP contribution in [0.1, 0.15) is 18.9 Å². The second-order valence-electron chi connectivity index (χ2n) is 6.93. The van der Waals surface area contributed by atoms with Gasteiger partial charge in [0.2, 0.25) is 0 Å². The van der Waals surface area contributed by atoms with E-state index >= 15 is 0 Å². The van der Waals surface area contributed by atoms with Crippen molar-refractivity contribution in [3.63, 3.8) is 0 Å². The van der Waals surface area contributed by atoms with Crippen molar-refractivity contribution in [1.29, 1.82) is 0 Å². The average molecular weight is 418 g/mol. The smallest absolute Gasteiger partial charge is 0.252 e. The summed E-state index contributed by atoms with van der Waals surface area (Å²) in [5.74, 6) is 1.57. The Bertz CT molecular complexity index is 1100.